The van der Waals surface area contributed by atoms with E-state index in [1.807, 2.05) is 0 Å². The third-order valence-electron chi connectivity index (χ3n) is 3.87. The van der Waals surface area contributed by atoms with E-state index in [1.165, 1.54) is 20.3 Å². The second-order valence-electron chi connectivity index (χ2n) is 4.79. The molecule has 1 fully saturated rings. The maximum atomic E-state index is 11.7. The molecular formula is C14H18O5. The van der Waals surface area contributed by atoms with E-state index in [9.17, 15) is 15.0 Å². The minimum atomic E-state index is -1.08. The zero-order valence-corrected chi connectivity index (χ0v) is 11.1. The molecule has 5 nitrogen and oxygen atoms in total. The highest BCUT2D eigenvalue weighted by Gasteiger charge is 2.47. The van der Waals surface area contributed by atoms with Gasteiger partial charge < -0.3 is 19.7 Å². The number of phenols is 1. The average molecular weight is 266 g/mol. The molecule has 0 aliphatic heterocycles. The molecule has 0 heterocycles. The summed E-state index contributed by atoms with van der Waals surface area (Å²) in [6.45, 7) is 0. The Balaban J connectivity index is 2.69. The zero-order valence-electron chi connectivity index (χ0n) is 11.1. The van der Waals surface area contributed by atoms with Crippen LogP contribution in [0.3, 0.4) is 0 Å². The topological polar surface area (TPSA) is 76.0 Å². The van der Waals surface area contributed by atoms with Gasteiger partial charge in [-0.15, -0.1) is 0 Å². The first-order chi connectivity index (χ1) is 9.06. The molecule has 1 saturated carbocycles. The molecule has 1 aromatic carbocycles. The lowest BCUT2D eigenvalue weighted by Gasteiger charge is -2.27. The lowest BCUT2D eigenvalue weighted by atomic mass is 9.77. The van der Waals surface area contributed by atoms with Crippen LogP contribution in [0.15, 0.2) is 12.1 Å². The summed E-state index contributed by atoms with van der Waals surface area (Å²) in [6.07, 6.45) is 2.65. The van der Waals surface area contributed by atoms with Crippen LogP contribution in [0.4, 0.5) is 0 Å². The molecule has 0 bridgehead atoms. The first kappa shape index (κ1) is 13.5. The van der Waals surface area contributed by atoms with Crippen molar-refractivity contribution in [2.75, 3.05) is 14.2 Å². The fourth-order valence-electron chi connectivity index (χ4n) is 2.93. The fourth-order valence-corrected chi connectivity index (χ4v) is 2.93. The molecule has 0 saturated heterocycles. The number of hydrogen-bond acceptors (Lipinski definition) is 4. The Morgan fingerprint density at radius 1 is 1.21 bits per heavy atom. The summed E-state index contributed by atoms with van der Waals surface area (Å²) in [5, 5.41) is 19.7. The summed E-state index contributed by atoms with van der Waals surface area (Å²) in [7, 11) is 2.94. The largest absolute Gasteiger partial charge is 0.507 e. The van der Waals surface area contributed by atoms with Crippen LogP contribution in [0.25, 0.3) is 0 Å². The van der Waals surface area contributed by atoms with Gasteiger partial charge in [-0.2, -0.15) is 0 Å². The number of aliphatic carboxylic acids is 1. The Morgan fingerprint density at radius 3 is 2.32 bits per heavy atom. The Morgan fingerprint density at radius 2 is 1.84 bits per heavy atom. The summed E-state index contributed by atoms with van der Waals surface area (Å²) in [4.78, 5) is 11.7. The number of hydrogen-bond donors (Lipinski definition) is 2. The molecule has 104 valence electrons. The first-order valence-corrected chi connectivity index (χ1v) is 6.24. The minimum Gasteiger partial charge on any atom is -0.507 e. The number of ether oxygens (including phenoxy) is 2. The Kier molecular flexibility index (Phi) is 3.55. The van der Waals surface area contributed by atoms with Crippen molar-refractivity contribution in [3.8, 4) is 17.2 Å². The van der Waals surface area contributed by atoms with E-state index in [1.54, 1.807) is 6.07 Å². The van der Waals surface area contributed by atoms with Gasteiger partial charge in [0.1, 0.15) is 11.2 Å². The van der Waals surface area contributed by atoms with E-state index < -0.39 is 11.4 Å². The SMILES string of the molecule is COc1ccc(O)c(C2(C(=O)O)CCCC2)c1OC. The van der Waals surface area contributed by atoms with Gasteiger partial charge in [0, 0.05) is 0 Å². The van der Waals surface area contributed by atoms with E-state index in [4.69, 9.17) is 9.47 Å². The normalized spacial score (nSPS) is 17.2. The number of methoxy groups -OCH3 is 2. The van der Waals surface area contributed by atoms with E-state index in [0.29, 0.717) is 29.9 Å². The summed E-state index contributed by atoms with van der Waals surface area (Å²) < 4.78 is 10.5. The molecule has 5 heteroatoms. The quantitative estimate of drug-likeness (QED) is 0.874. The highest BCUT2D eigenvalue weighted by atomic mass is 16.5. The lowest BCUT2D eigenvalue weighted by molar-refractivity contribution is -0.143. The second kappa shape index (κ2) is 4.99. The summed E-state index contributed by atoms with van der Waals surface area (Å²) in [6, 6.07) is 3.03. The summed E-state index contributed by atoms with van der Waals surface area (Å²) in [5.74, 6) is -0.233. The highest BCUT2D eigenvalue weighted by molar-refractivity contribution is 5.85. The van der Waals surface area contributed by atoms with Gasteiger partial charge in [0.2, 0.25) is 0 Å². The Bertz CT molecular complexity index is 489. The van der Waals surface area contributed by atoms with Crippen molar-refractivity contribution >= 4 is 5.97 Å². The number of rotatable bonds is 4. The highest BCUT2D eigenvalue weighted by Crippen LogP contribution is 2.51. The predicted octanol–water partition coefficient (Wildman–Crippen LogP) is 2.31. The molecule has 0 atom stereocenters. The van der Waals surface area contributed by atoms with Gasteiger partial charge in [-0.1, -0.05) is 12.8 Å². The van der Waals surface area contributed by atoms with Gasteiger partial charge >= 0.3 is 5.97 Å². The van der Waals surface area contributed by atoms with Crippen LogP contribution in [0, 0.1) is 0 Å². The van der Waals surface area contributed by atoms with Crippen LogP contribution < -0.4 is 9.47 Å². The maximum Gasteiger partial charge on any atom is 0.314 e. The molecule has 0 radical (unpaired) electrons. The number of phenolic OH excluding ortho intramolecular Hbond substituents is 1. The van der Waals surface area contributed by atoms with Crippen molar-refractivity contribution < 1.29 is 24.5 Å². The number of carboxylic acid groups (broad SMARTS) is 1. The van der Waals surface area contributed by atoms with E-state index >= 15 is 0 Å². The standard InChI is InChI=1S/C14H18O5/c1-18-10-6-5-9(15)11(12(10)19-2)14(13(16)17)7-3-4-8-14/h5-6,15H,3-4,7-8H2,1-2H3,(H,16,17). The van der Waals surface area contributed by atoms with Gasteiger partial charge in [-0.05, 0) is 25.0 Å². The van der Waals surface area contributed by atoms with Crippen LogP contribution in [-0.4, -0.2) is 30.4 Å². The second-order valence-corrected chi connectivity index (χ2v) is 4.79. The third kappa shape index (κ3) is 1.99. The number of carboxylic acids is 1. The third-order valence-corrected chi connectivity index (χ3v) is 3.87. The van der Waals surface area contributed by atoms with Gasteiger partial charge in [-0.25, -0.2) is 0 Å². The van der Waals surface area contributed by atoms with Crippen LogP contribution in [0.2, 0.25) is 0 Å². The number of carbonyl (C=O) groups is 1. The van der Waals surface area contributed by atoms with Crippen molar-refractivity contribution in [2.45, 2.75) is 31.1 Å². The molecule has 1 aromatic rings. The maximum absolute atomic E-state index is 11.7. The molecule has 2 N–H and O–H groups in total. The summed E-state index contributed by atoms with van der Waals surface area (Å²) >= 11 is 0. The van der Waals surface area contributed by atoms with Crippen LogP contribution in [0.5, 0.6) is 17.2 Å². The molecule has 0 spiro atoms. The molecule has 0 amide bonds. The van der Waals surface area contributed by atoms with Gasteiger partial charge in [0.15, 0.2) is 11.5 Å². The molecule has 2 rings (SSSR count). The minimum absolute atomic E-state index is 0.0537. The lowest BCUT2D eigenvalue weighted by Crippen LogP contribution is -2.33. The molecule has 1 aliphatic carbocycles. The predicted molar refractivity (Wildman–Crippen MR) is 69.0 cm³/mol. The number of benzene rings is 1. The molecular weight excluding hydrogens is 248 g/mol. The zero-order chi connectivity index (χ0) is 14.0. The van der Waals surface area contributed by atoms with Crippen LogP contribution in [0.1, 0.15) is 31.2 Å². The van der Waals surface area contributed by atoms with Crippen molar-refractivity contribution in [1.29, 1.82) is 0 Å². The van der Waals surface area contributed by atoms with E-state index in [0.717, 1.165) is 12.8 Å². The Hall–Kier alpha value is -1.91. The Labute approximate surface area is 111 Å². The van der Waals surface area contributed by atoms with E-state index in [2.05, 4.69) is 0 Å². The van der Waals surface area contributed by atoms with Crippen molar-refractivity contribution in [3.63, 3.8) is 0 Å². The molecule has 1 aliphatic rings. The average Bonchev–Trinajstić information content (AvgIpc) is 2.88. The number of aromatic hydroxyl groups is 1. The molecule has 19 heavy (non-hydrogen) atoms. The summed E-state index contributed by atoms with van der Waals surface area (Å²) in [5.41, 5.74) is -0.747. The van der Waals surface area contributed by atoms with Crippen LogP contribution >= 0.6 is 0 Å². The fraction of sp³-hybridized carbons (Fsp3) is 0.500. The van der Waals surface area contributed by atoms with Crippen molar-refractivity contribution in [1.82, 2.24) is 0 Å². The van der Waals surface area contributed by atoms with Gasteiger partial charge in [-0.3, -0.25) is 4.79 Å². The first-order valence-electron chi connectivity index (χ1n) is 6.24. The van der Waals surface area contributed by atoms with Crippen LogP contribution in [-0.2, 0) is 10.2 Å². The van der Waals surface area contributed by atoms with Crippen molar-refractivity contribution in [2.24, 2.45) is 0 Å². The monoisotopic (exact) mass is 266 g/mol. The van der Waals surface area contributed by atoms with Gasteiger partial charge in [0.25, 0.3) is 0 Å². The molecule has 0 unspecified atom stereocenters. The molecule has 0 aromatic heterocycles. The smallest absolute Gasteiger partial charge is 0.314 e. The van der Waals surface area contributed by atoms with E-state index in [-0.39, 0.29) is 5.75 Å². The van der Waals surface area contributed by atoms with Gasteiger partial charge in [0.05, 0.1) is 19.8 Å². The van der Waals surface area contributed by atoms with Crippen molar-refractivity contribution in [3.05, 3.63) is 17.7 Å².